The number of hydrogen-bond donors (Lipinski definition) is 3. The van der Waals surface area contributed by atoms with E-state index in [9.17, 15) is 5.11 Å². The van der Waals surface area contributed by atoms with E-state index in [4.69, 9.17) is 23.2 Å². The topological polar surface area (TPSA) is 75.5 Å². The lowest BCUT2D eigenvalue weighted by atomic mass is 10.0. The number of nitrogens with zero attached hydrogens (tertiary/aromatic N) is 1. The van der Waals surface area contributed by atoms with Crippen LogP contribution in [-0.2, 0) is 0 Å². The molecule has 0 aliphatic heterocycles. The molecular weight excluding hydrogens is 250 g/mol. The molecule has 0 unspecified atom stereocenters. The van der Waals surface area contributed by atoms with Crippen molar-refractivity contribution in [1.29, 1.82) is 0 Å². The van der Waals surface area contributed by atoms with E-state index in [0.717, 1.165) is 11.1 Å². The Morgan fingerprint density at radius 1 is 1.44 bits per heavy atom. The minimum absolute atomic E-state index is 0.0356. The van der Waals surface area contributed by atoms with Gasteiger partial charge in [-0.05, 0) is 32.4 Å². The second-order valence-electron chi connectivity index (χ2n) is 4.45. The first-order chi connectivity index (χ1) is 8.40. The Hall–Kier alpha value is -1.23. The molecule has 0 spiro atoms. The molecule has 0 heterocycles. The highest BCUT2D eigenvalue weighted by molar-refractivity contribution is 6.32. The van der Waals surface area contributed by atoms with Gasteiger partial charge in [0.15, 0.2) is 0 Å². The molecule has 18 heavy (non-hydrogen) atoms. The van der Waals surface area contributed by atoms with Crippen molar-refractivity contribution in [1.82, 2.24) is 5.01 Å². The first-order valence-electron chi connectivity index (χ1n) is 5.79. The minimum Gasteiger partial charge on any atom is -0.397 e. The Kier molecular flexibility index (Phi) is 5.02. The number of hydrogen-bond acceptors (Lipinski definition) is 4. The fraction of sp³-hybridized carbons (Fsp3) is 0.385. The number of aryl methyl sites for hydroxylation is 1. The Morgan fingerprint density at radius 3 is 2.50 bits per heavy atom. The van der Waals surface area contributed by atoms with E-state index in [2.05, 4.69) is 0 Å². The summed E-state index contributed by atoms with van der Waals surface area (Å²) in [5, 5.41) is 11.5. The maximum atomic E-state index is 9.46. The van der Waals surface area contributed by atoms with Crippen molar-refractivity contribution >= 4 is 17.3 Å². The number of aliphatic hydroxyl groups excluding tert-OH is 1. The van der Waals surface area contributed by atoms with E-state index < -0.39 is 0 Å². The average molecular weight is 270 g/mol. The zero-order valence-electron chi connectivity index (χ0n) is 10.9. The molecule has 5 heteroatoms. The molecule has 1 rings (SSSR count). The second kappa shape index (κ2) is 6.09. The monoisotopic (exact) mass is 269 g/mol. The fourth-order valence-corrected chi connectivity index (χ4v) is 2.06. The Bertz CT molecular complexity index is 437. The van der Waals surface area contributed by atoms with Crippen LogP contribution >= 0.6 is 11.6 Å². The zero-order valence-corrected chi connectivity index (χ0v) is 11.7. The van der Waals surface area contributed by atoms with Crippen LogP contribution in [-0.4, -0.2) is 22.8 Å². The molecule has 0 saturated carbocycles. The van der Waals surface area contributed by atoms with Crippen molar-refractivity contribution in [3.8, 4) is 0 Å². The van der Waals surface area contributed by atoms with Crippen molar-refractivity contribution < 1.29 is 5.11 Å². The van der Waals surface area contributed by atoms with Gasteiger partial charge in [0, 0.05) is 11.6 Å². The van der Waals surface area contributed by atoms with Gasteiger partial charge in [0.2, 0.25) is 0 Å². The predicted molar refractivity (Wildman–Crippen MR) is 75.5 cm³/mol. The lowest BCUT2D eigenvalue weighted by Gasteiger charge is -2.27. The average Bonchev–Trinajstić information content (AvgIpc) is 2.29. The third-order valence-electron chi connectivity index (χ3n) is 2.82. The summed E-state index contributed by atoms with van der Waals surface area (Å²) in [7, 11) is 0. The maximum absolute atomic E-state index is 9.46. The van der Waals surface area contributed by atoms with Crippen LogP contribution in [0, 0.1) is 6.92 Å². The third-order valence-corrected chi connectivity index (χ3v) is 3.13. The SMILES string of the molecule is Cc1cccc(Cl)c1/C(N)=C(\CO)N(N)C(C)C. The standard InChI is InChI=1S/C13H20ClN3O/c1-8(2)17(16)11(7-18)13(15)12-9(3)5-4-6-10(12)14/h4-6,8,18H,7,15-16H2,1-3H3/b13-11-. The largest absolute Gasteiger partial charge is 0.397 e. The molecule has 0 atom stereocenters. The molecule has 5 N–H and O–H groups in total. The van der Waals surface area contributed by atoms with Crippen molar-refractivity contribution in [2.24, 2.45) is 11.6 Å². The summed E-state index contributed by atoms with van der Waals surface area (Å²) in [6.45, 7) is 5.52. The van der Waals surface area contributed by atoms with Gasteiger partial charge in [-0.1, -0.05) is 23.7 Å². The summed E-state index contributed by atoms with van der Waals surface area (Å²) in [6.07, 6.45) is 0. The number of rotatable bonds is 4. The van der Waals surface area contributed by atoms with Gasteiger partial charge in [-0.15, -0.1) is 0 Å². The van der Waals surface area contributed by atoms with E-state index in [1.165, 1.54) is 5.01 Å². The molecule has 100 valence electrons. The summed E-state index contributed by atoms with van der Waals surface area (Å²) in [5.74, 6) is 5.90. The Balaban J connectivity index is 3.36. The highest BCUT2D eigenvalue weighted by atomic mass is 35.5. The number of benzene rings is 1. The maximum Gasteiger partial charge on any atom is 0.0864 e. The van der Waals surface area contributed by atoms with Crippen LogP contribution in [0.25, 0.3) is 5.70 Å². The number of halogens is 1. The molecule has 0 radical (unpaired) electrons. The Morgan fingerprint density at radius 2 is 2.06 bits per heavy atom. The van der Waals surface area contributed by atoms with E-state index >= 15 is 0 Å². The van der Waals surface area contributed by atoms with Crippen LogP contribution in [0.15, 0.2) is 23.9 Å². The first kappa shape index (κ1) is 14.8. The molecule has 0 fully saturated rings. The summed E-state index contributed by atoms with van der Waals surface area (Å²) in [4.78, 5) is 0. The van der Waals surface area contributed by atoms with E-state index in [1.54, 1.807) is 6.07 Å². The van der Waals surface area contributed by atoms with Gasteiger partial charge >= 0.3 is 0 Å². The highest BCUT2D eigenvalue weighted by Crippen LogP contribution is 2.27. The minimum atomic E-state index is -0.231. The third kappa shape index (κ3) is 2.96. The van der Waals surface area contributed by atoms with Crippen molar-refractivity contribution in [2.45, 2.75) is 26.8 Å². The summed E-state index contributed by atoms with van der Waals surface area (Å²) in [6, 6.07) is 5.57. The number of nitrogens with two attached hydrogens (primary N) is 2. The lowest BCUT2D eigenvalue weighted by molar-refractivity contribution is 0.226. The van der Waals surface area contributed by atoms with Crippen LogP contribution in [0.3, 0.4) is 0 Å². The summed E-state index contributed by atoms with van der Waals surface area (Å²) >= 11 is 6.15. The molecule has 0 saturated heterocycles. The molecule has 0 amide bonds. The fourth-order valence-electron chi connectivity index (χ4n) is 1.73. The van der Waals surface area contributed by atoms with E-state index in [-0.39, 0.29) is 12.6 Å². The van der Waals surface area contributed by atoms with Gasteiger partial charge in [-0.25, -0.2) is 5.84 Å². The van der Waals surface area contributed by atoms with Gasteiger partial charge in [-0.3, -0.25) is 0 Å². The smallest absolute Gasteiger partial charge is 0.0864 e. The van der Waals surface area contributed by atoms with Crippen molar-refractivity contribution in [3.05, 3.63) is 40.0 Å². The first-order valence-corrected chi connectivity index (χ1v) is 6.16. The summed E-state index contributed by atoms with van der Waals surface area (Å²) in [5.41, 5.74) is 8.66. The predicted octanol–water partition coefficient (Wildman–Crippen LogP) is 1.85. The second-order valence-corrected chi connectivity index (χ2v) is 4.86. The number of hydrazine groups is 1. The van der Waals surface area contributed by atoms with Crippen LogP contribution in [0.4, 0.5) is 0 Å². The molecule has 0 aromatic heterocycles. The molecule has 4 nitrogen and oxygen atoms in total. The van der Waals surface area contributed by atoms with Crippen LogP contribution in [0.2, 0.25) is 5.02 Å². The van der Waals surface area contributed by atoms with Gasteiger partial charge in [-0.2, -0.15) is 0 Å². The van der Waals surface area contributed by atoms with Gasteiger partial charge in [0.1, 0.15) is 0 Å². The van der Waals surface area contributed by atoms with Gasteiger partial charge in [0.25, 0.3) is 0 Å². The quantitative estimate of drug-likeness (QED) is 0.576. The molecule has 1 aromatic rings. The van der Waals surface area contributed by atoms with Gasteiger partial charge in [0.05, 0.1) is 23.0 Å². The van der Waals surface area contributed by atoms with Crippen LogP contribution < -0.4 is 11.6 Å². The molecule has 0 bridgehead atoms. The Labute approximate surface area is 113 Å². The highest BCUT2D eigenvalue weighted by Gasteiger charge is 2.16. The van der Waals surface area contributed by atoms with Crippen molar-refractivity contribution in [3.63, 3.8) is 0 Å². The molecule has 0 aliphatic rings. The van der Waals surface area contributed by atoms with E-state index in [0.29, 0.717) is 16.4 Å². The number of aliphatic hydroxyl groups is 1. The van der Waals surface area contributed by atoms with Crippen LogP contribution in [0.5, 0.6) is 0 Å². The molecule has 1 aromatic carbocycles. The van der Waals surface area contributed by atoms with Crippen molar-refractivity contribution in [2.75, 3.05) is 6.61 Å². The van der Waals surface area contributed by atoms with E-state index in [1.807, 2.05) is 32.9 Å². The zero-order chi connectivity index (χ0) is 13.9. The van der Waals surface area contributed by atoms with Gasteiger partial charge < -0.3 is 15.8 Å². The lowest BCUT2D eigenvalue weighted by Crippen LogP contribution is -2.39. The normalized spacial score (nSPS) is 12.6. The molecular formula is C13H20ClN3O. The summed E-state index contributed by atoms with van der Waals surface area (Å²) < 4.78 is 0. The molecule has 0 aliphatic carbocycles. The van der Waals surface area contributed by atoms with Crippen LogP contribution in [0.1, 0.15) is 25.0 Å².